The van der Waals surface area contributed by atoms with Gasteiger partial charge < -0.3 is 10.5 Å². The highest BCUT2D eigenvalue weighted by Gasteiger charge is 2.30. The fourth-order valence-electron chi connectivity index (χ4n) is 2.29. The number of alkyl halides is 3. The van der Waals surface area contributed by atoms with Crippen molar-refractivity contribution in [3.8, 4) is 22.6 Å². The van der Waals surface area contributed by atoms with Crippen molar-refractivity contribution in [3.05, 3.63) is 72.3 Å². The number of hydrogen-bond acceptors (Lipinski definition) is 3. The summed E-state index contributed by atoms with van der Waals surface area (Å²) < 4.78 is 57.5. The lowest BCUT2D eigenvalue weighted by molar-refractivity contribution is -0.137. The molecule has 0 aliphatic rings. The van der Waals surface area contributed by atoms with Crippen LogP contribution in [0.15, 0.2) is 60.8 Å². The Kier molecular flexibility index (Phi) is 4.31. The van der Waals surface area contributed by atoms with E-state index in [0.29, 0.717) is 16.8 Å². The summed E-state index contributed by atoms with van der Waals surface area (Å²) in [5.41, 5.74) is 6.22. The smallest absolute Gasteiger partial charge is 0.416 e. The van der Waals surface area contributed by atoms with Crippen LogP contribution in [-0.4, -0.2) is 4.98 Å². The number of anilines is 1. The van der Waals surface area contributed by atoms with Gasteiger partial charge in [0.2, 0.25) is 5.95 Å². The van der Waals surface area contributed by atoms with E-state index in [1.807, 2.05) is 0 Å². The number of nitrogen functional groups attached to an aromatic ring is 1. The molecule has 0 saturated heterocycles. The molecule has 3 aromatic rings. The van der Waals surface area contributed by atoms with Crippen LogP contribution in [0.4, 0.5) is 23.2 Å². The number of nitrogens with zero attached hydrogens (tertiary/aromatic N) is 1. The molecule has 128 valence electrons. The molecule has 0 atom stereocenters. The minimum absolute atomic E-state index is 0.00352. The molecule has 0 aliphatic heterocycles. The number of halogens is 4. The normalized spacial score (nSPS) is 11.4. The van der Waals surface area contributed by atoms with Crippen LogP contribution in [0.1, 0.15) is 5.56 Å². The summed E-state index contributed by atoms with van der Waals surface area (Å²) in [6, 6.07) is 11.9. The lowest BCUT2D eigenvalue weighted by Crippen LogP contribution is -2.04. The number of benzene rings is 2. The largest absolute Gasteiger partial charge is 0.457 e. The van der Waals surface area contributed by atoms with E-state index in [1.165, 1.54) is 30.5 Å². The molecule has 2 aromatic carbocycles. The van der Waals surface area contributed by atoms with Crippen LogP contribution in [0.5, 0.6) is 11.5 Å². The number of hydrogen-bond donors (Lipinski definition) is 1. The van der Waals surface area contributed by atoms with Crippen LogP contribution in [0.2, 0.25) is 0 Å². The first kappa shape index (κ1) is 16.8. The zero-order chi connectivity index (χ0) is 18.0. The van der Waals surface area contributed by atoms with E-state index in [4.69, 9.17) is 10.5 Å². The lowest BCUT2D eigenvalue weighted by atomic mass is 10.1. The van der Waals surface area contributed by atoms with Crippen molar-refractivity contribution >= 4 is 5.69 Å². The Morgan fingerprint density at radius 3 is 2.48 bits per heavy atom. The third-order valence-electron chi connectivity index (χ3n) is 3.43. The van der Waals surface area contributed by atoms with Gasteiger partial charge in [-0.25, -0.2) is 4.98 Å². The summed E-state index contributed by atoms with van der Waals surface area (Å²) in [5.74, 6) is -0.472. The second kappa shape index (κ2) is 6.43. The number of pyridine rings is 1. The van der Waals surface area contributed by atoms with Crippen LogP contribution < -0.4 is 10.5 Å². The van der Waals surface area contributed by atoms with Gasteiger partial charge in [0.1, 0.15) is 11.5 Å². The van der Waals surface area contributed by atoms with Gasteiger partial charge >= 0.3 is 6.18 Å². The van der Waals surface area contributed by atoms with Crippen LogP contribution in [0, 0.1) is 5.95 Å². The Labute approximate surface area is 140 Å². The Hall–Kier alpha value is -3.09. The fourth-order valence-corrected chi connectivity index (χ4v) is 2.29. The zero-order valence-corrected chi connectivity index (χ0v) is 12.7. The first-order valence-corrected chi connectivity index (χ1v) is 7.19. The molecular weight excluding hydrogens is 336 g/mol. The molecule has 0 radical (unpaired) electrons. The van der Waals surface area contributed by atoms with Crippen molar-refractivity contribution in [2.75, 3.05) is 5.73 Å². The Bertz CT molecular complexity index is 910. The standard InChI is InChI=1S/C18H12F4N2O/c19-17-8-11(6-7-24-17)15-5-4-13(23)10-16(15)25-14-3-1-2-12(9-14)18(20,21)22/h1-10H,23H2. The summed E-state index contributed by atoms with van der Waals surface area (Å²) >= 11 is 0. The van der Waals surface area contributed by atoms with Crippen LogP contribution in [0.25, 0.3) is 11.1 Å². The van der Waals surface area contributed by atoms with Gasteiger partial charge in [-0.3, -0.25) is 0 Å². The second-order valence-electron chi connectivity index (χ2n) is 5.25. The average molecular weight is 348 g/mol. The number of nitrogens with two attached hydrogens (primary N) is 1. The highest BCUT2D eigenvalue weighted by atomic mass is 19.4. The molecular formula is C18H12F4N2O. The van der Waals surface area contributed by atoms with Gasteiger partial charge in [0, 0.05) is 29.6 Å². The quantitative estimate of drug-likeness (QED) is 0.398. The van der Waals surface area contributed by atoms with Gasteiger partial charge in [0.05, 0.1) is 5.56 Å². The first-order chi connectivity index (χ1) is 11.8. The van der Waals surface area contributed by atoms with Crippen molar-refractivity contribution in [3.63, 3.8) is 0 Å². The maximum Gasteiger partial charge on any atom is 0.416 e. The minimum Gasteiger partial charge on any atom is -0.457 e. The topological polar surface area (TPSA) is 48.1 Å². The van der Waals surface area contributed by atoms with Crippen LogP contribution >= 0.6 is 0 Å². The molecule has 25 heavy (non-hydrogen) atoms. The molecule has 0 unspecified atom stereocenters. The molecule has 0 saturated carbocycles. The molecule has 0 aliphatic carbocycles. The Morgan fingerprint density at radius 1 is 0.960 bits per heavy atom. The van der Waals surface area contributed by atoms with Gasteiger partial charge in [-0.15, -0.1) is 0 Å². The minimum atomic E-state index is -4.48. The van der Waals surface area contributed by atoms with E-state index in [-0.39, 0.29) is 11.5 Å². The second-order valence-corrected chi connectivity index (χ2v) is 5.25. The van der Waals surface area contributed by atoms with E-state index in [0.717, 1.165) is 12.1 Å². The summed E-state index contributed by atoms with van der Waals surface area (Å²) in [4.78, 5) is 3.48. The third-order valence-corrected chi connectivity index (χ3v) is 3.43. The lowest BCUT2D eigenvalue weighted by Gasteiger charge is -2.14. The highest BCUT2D eigenvalue weighted by Crippen LogP contribution is 2.37. The molecule has 3 nitrogen and oxygen atoms in total. The molecule has 2 N–H and O–H groups in total. The Balaban J connectivity index is 2.02. The summed E-state index contributed by atoms with van der Waals surface area (Å²) in [6.07, 6.45) is -3.19. The molecule has 0 bridgehead atoms. The molecule has 1 aromatic heterocycles. The van der Waals surface area contributed by atoms with Crippen LogP contribution in [-0.2, 0) is 6.18 Å². The molecule has 7 heteroatoms. The average Bonchev–Trinajstić information content (AvgIpc) is 2.54. The van der Waals surface area contributed by atoms with E-state index in [9.17, 15) is 17.6 Å². The Morgan fingerprint density at radius 2 is 1.76 bits per heavy atom. The predicted octanol–water partition coefficient (Wildman–Crippen LogP) is 5.28. The maximum atomic E-state index is 13.4. The molecule has 0 spiro atoms. The van der Waals surface area contributed by atoms with Crippen molar-refractivity contribution in [1.82, 2.24) is 4.98 Å². The van der Waals surface area contributed by atoms with Gasteiger partial charge in [-0.1, -0.05) is 6.07 Å². The van der Waals surface area contributed by atoms with Crippen molar-refractivity contribution in [2.45, 2.75) is 6.18 Å². The highest BCUT2D eigenvalue weighted by molar-refractivity contribution is 5.73. The van der Waals surface area contributed by atoms with Gasteiger partial charge in [0.15, 0.2) is 0 Å². The number of ether oxygens (including phenoxy) is 1. The van der Waals surface area contributed by atoms with Crippen molar-refractivity contribution < 1.29 is 22.3 Å². The fraction of sp³-hybridized carbons (Fsp3) is 0.0556. The van der Waals surface area contributed by atoms with Crippen molar-refractivity contribution in [1.29, 1.82) is 0 Å². The van der Waals surface area contributed by atoms with Gasteiger partial charge in [-0.2, -0.15) is 17.6 Å². The van der Waals surface area contributed by atoms with Gasteiger partial charge in [0.25, 0.3) is 0 Å². The number of aromatic nitrogens is 1. The molecule has 0 fully saturated rings. The van der Waals surface area contributed by atoms with Gasteiger partial charge in [-0.05, 0) is 42.0 Å². The molecule has 3 rings (SSSR count). The zero-order valence-electron chi connectivity index (χ0n) is 12.7. The van der Waals surface area contributed by atoms with E-state index >= 15 is 0 Å². The monoisotopic (exact) mass is 348 g/mol. The van der Waals surface area contributed by atoms with E-state index < -0.39 is 17.7 Å². The summed E-state index contributed by atoms with van der Waals surface area (Å²) in [7, 11) is 0. The molecule has 1 heterocycles. The van der Waals surface area contributed by atoms with E-state index in [1.54, 1.807) is 18.2 Å². The van der Waals surface area contributed by atoms with Crippen molar-refractivity contribution in [2.24, 2.45) is 0 Å². The van der Waals surface area contributed by atoms with Crippen LogP contribution in [0.3, 0.4) is 0 Å². The third kappa shape index (κ3) is 3.88. The summed E-state index contributed by atoms with van der Waals surface area (Å²) in [5, 5.41) is 0. The SMILES string of the molecule is Nc1ccc(-c2ccnc(F)c2)c(Oc2cccc(C(F)(F)F)c2)c1. The predicted molar refractivity (Wildman–Crippen MR) is 85.6 cm³/mol. The molecule has 0 amide bonds. The summed E-state index contributed by atoms with van der Waals surface area (Å²) in [6.45, 7) is 0. The van der Waals surface area contributed by atoms with E-state index in [2.05, 4.69) is 4.98 Å². The number of rotatable bonds is 3. The maximum absolute atomic E-state index is 13.4. The first-order valence-electron chi connectivity index (χ1n) is 7.19.